The van der Waals surface area contributed by atoms with Gasteiger partial charge in [-0.25, -0.2) is 21.9 Å². The molecule has 0 bridgehead atoms. The number of nitrogens with zero attached hydrogens (tertiary/aromatic N) is 1. The molecule has 0 saturated carbocycles. The number of hydrogen-bond acceptors (Lipinski definition) is 7. The van der Waals surface area contributed by atoms with Crippen molar-refractivity contribution in [1.82, 2.24) is 10.3 Å². The lowest BCUT2D eigenvalue weighted by atomic mass is 9.90. The van der Waals surface area contributed by atoms with Crippen LogP contribution >= 0.6 is 22.6 Å². The number of nitrogens with two attached hydrogens (primary N) is 1. The van der Waals surface area contributed by atoms with Crippen LogP contribution in [-0.2, 0) is 23.0 Å². The summed E-state index contributed by atoms with van der Waals surface area (Å²) in [5.41, 5.74) is 6.21. The summed E-state index contributed by atoms with van der Waals surface area (Å²) in [6, 6.07) is 10.1. The lowest BCUT2D eigenvalue weighted by molar-refractivity contribution is 0.0986. The summed E-state index contributed by atoms with van der Waals surface area (Å²) in [4.78, 5) is 16.0. The summed E-state index contributed by atoms with van der Waals surface area (Å²) < 4.78 is 60.9. The number of benzene rings is 2. The van der Waals surface area contributed by atoms with E-state index >= 15 is 0 Å². The molecule has 0 spiro atoms. The molecular weight excluding hydrogens is 621 g/mol. The average molecular weight is 648 g/mol. The van der Waals surface area contributed by atoms with E-state index in [2.05, 4.69) is 37.6 Å². The van der Waals surface area contributed by atoms with Crippen LogP contribution in [0.4, 0.5) is 14.8 Å². The maximum atomic E-state index is 13.9. The summed E-state index contributed by atoms with van der Waals surface area (Å²) >= 11 is 2.18. The number of primary amides is 1. The number of carbonyl (C=O) groups excluding carboxylic acids is 1. The zero-order valence-electron chi connectivity index (χ0n) is 19.9. The maximum absolute atomic E-state index is 13.9. The SMILES string of the molecule is CCCS(=O)(=O)Nc1nc(C(N)=O)c([C@@H](Cc2cc(F)cc(F)c2)[C@@H](O)CNCc2cccc(I)c2)o1. The van der Waals surface area contributed by atoms with Crippen LogP contribution < -0.4 is 15.8 Å². The lowest BCUT2D eigenvalue weighted by Gasteiger charge is -2.22. The molecule has 2 atom stereocenters. The molecule has 37 heavy (non-hydrogen) atoms. The van der Waals surface area contributed by atoms with Gasteiger partial charge in [-0.05, 0) is 70.8 Å². The first-order valence-corrected chi connectivity index (χ1v) is 14.1. The molecule has 2 aromatic carbocycles. The fraction of sp³-hybridized carbons (Fsp3) is 0.333. The highest BCUT2D eigenvalue weighted by Crippen LogP contribution is 2.31. The van der Waals surface area contributed by atoms with Crippen LogP contribution in [-0.4, -0.2) is 42.8 Å². The van der Waals surface area contributed by atoms with Gasteiger partial charge in [-0.3, -0.25) is 4.79 Å². The van der Waals surface area contributed by atoms with Crippen LogP contribution in [0.1, 0.15) is 46.6 Å². The Bertz CT molecular complexity index is 1330. The molecule has 9 nitrogen and oxygen atoms in total. The van der Waals surface area contributed by atoms with Gasteiger partial charge in [-0.15, -0.1) is 0 Å². The first-order chi connectivity index (χ1) is 17.5. The summed E-state index contributed by atoms with van der Waals surface area (Å²) in [7, 11) is -3.81. The Kier molecular flexibility index (Phi) is 9.98. The highest BCUT2D eigenvalue weighted by molar-refractivity contribution is 14.1. The number of carbonyl (C=O) groups is 1. The first-order valence-electron chi connectivity index (χ1n) is 11.4. The number of aliphatic hydroxyl groups is 1. The minimum absolute atomic E-state index is 0.00371. The van der Waals surface area contributed by atoms with Crippen molar-refractivity contribution in [3.63, 3.8) is 0 Å². The number of oxazole rings is 1. The predicted octanol–water partition coefficient (Wildman–Crippen LogP) is 3.29. The molecule has 0 aliphatic rings. The summed E-state index contributed by atoms with van der Waals surface area (Å²) in [5, 5.41) is 14.2. The third kappa shape index (κ3) is 8.45. The van der Waals surface area contributed by atoms with Crippen molar-refractivity contribution in [1.29, 1.82) is 0 Å². The molecule has 0 radical (unpaired) electrons. The second-order valence-corrected chi connectivity index (χ2v) is 11.5. The number of aromatic nitrogens is 1. The quantitative estimate of drug-likeness (QED) is 0.208. The van der Waals surface area contributed by atoms with Gasteiger partial charge >= 0.3 is 6.01 Å². The highest BCUT2D eigenvalue weighted by Gasteiger charge is 2.32. The third-order valence-corrected chi connectivity index (χ3v) is 7.46. The number of rotatable bonds is 13. The van der Waals surface area contributed by atoms with Crippen LogP contribution in [0.25, 0.3) is 0 Å². The Hall–Kier alpha value is -2.62. The molecule has 13 heteroatoms. The Morgan fingerprint density at radius 1 is 1.19 bits per heavy atom. The number of halogens is 3. The van der Waals surface area contributed by atoms with Crippen LogP contribution in [0.2, 0.25) is 0 Å². The van der Waals surface area contributed by atoms with E-state index in [1.54, 1.807) is 6.92 Å². The molecular formula is C24H27F2IN4O5S. The molecule has 5 N–H and O–H groups in total. The van der Waals surface area contributed by atoms with Gasteiger partial charge in [0, 0.05) is 22.7 Å². The zero-order chi connectivity index (χ0) is 27.2. The van der Waals surface area contributed by atoms with E-state index in [4.69, 9.17) is 10.2 Å². The molecule has 3 aromatic rings. The molecule has 0 aliphatic carbocycles. The number of hydrogen-bond donors (Lipinski definition) is 4. The first kappa shape index (κ1) is 28.9. The fourth-order valence-corrected chi connectivity index (χ4v) is 5.40. The van der Waals surface area contributed by atoms with Crippen molar-refractivity contribution < 1.29 is 31.5 Å². The van der Waals surface area contributed by atoms with Crippen LogP contribution in [0, 0.1) is 15.2 Å². The van der Waals surface area contributed by atoms with E-state index in [1.165, 1.54) is 0 Å². The van der Waals surface area contributed by atoms with Crippen molar-refractivity contribution in [3.05, 3.63) is 80.3 Å². The normalized spacial score (nSPS) is 13.3. The molecule has 1 aromatic heterocycles. The summed E-state index contributed by atoms with van der Waals surface area (Å²) in [6.07, 6.45) is -1.07. The van der Waals surface area contributed by atoms with E-state index in [9.17, 15) is 27.1 Å². The summed E-state index contributed by atoms with van der Waals surface area (Å²) in [5.74, 6) is -4.12. The van der Waals surface area contributed by atoms with E-state index in [0.717, 1.165) is 21.3 Å². The van der Waals surface area contributed by atoms with Gasteiger partial charge < -0.3 is 20.6 Å². The zero-order valence-corrected chi connectivity index (χ0v) is 22.9. The molecule has 0 aliphatic heterocycles. The fourth-order valence-electron chi connectivity index (χ4n) is 3.80. The molecule has 0 unspecified atom stereocenters. The van der Waals surface area contributed by atoms with Gasteiger partial charge in [-0.1, -0.05) is 19.1 Å². The smallest absolute Gasteiger partial charge is 0.309 e. The Labute approximate surface area is 227 Å². The van der Waals surface area contributed by atoms with Gasteiger partial charge in [0.15, 0.2) is 5.69 Å². The van der Waals surface area contributed by atoms with Gasteiger partial charge in [0.2, 0.25) is 10.0 Å². The second kappa shape index (κ2) is 12.8. The van der Waals surface area contributed by atoms with Gasteiger partial charge in [0.25, 0.3) is 5.91 Å². The van der Waals surface area contributed by atoms with Gasteiger partial charge in [-0.2, -0.15) is 4.98 Å². The maximum Gasteiger partial charge on any atom is 0.309 e. The Morgan fingerprint density at radius 3 is 2.51 bits per heavy atom. The molecule has 1 amide bonds. The highest BCUT2D eigenvalue weighted by atomic mass is 127. The van der Waals surface area contributed by atoms with Crippen molar-refractivity contribution >= 4 is 44.5 Å². The van der Waals surface area contributed by atoms with Crippen molar-refractivity contribution in [3.8, 4) is 0 Å². The van der Waals surface area contributed by atoms with Crippen LogP contribution in [0.3, 0.4) is 0 Å². The molecule has 200 valence electrons. The van der Waals surface area contributed by atoms with E-state index in [0.29, 0.717) is 19.0 Å². The van der Waals surface area contributed by atoms with Gasteiger partial charge in [0.05, 0.1) is 17.8 Å². The standard InChI is InChI=1S/C24H27F2IN4O5S/c1-2-6-37(34,35)31-24-30-21(23(28)33)22(36-24)19(10-15-7-16(25)11-17(26)8-15)20(32)13-29-12-14-4-3-5-18(27)9-14/h3-5,7-9,11,19-20,29,32H,2,6,10,12-13H2,1H3,(H2,28,33)(H,30,31)/t19-,20-/m0/s1. The molecule has 3 rings (SSSR count). The van der Waals surface area contributed by atoms with E-state index in [-0.39, 0.29) is 30.0 Å². The monoisotopic (exact) mass is 648 g/mol. The Balaban J connectivity index is 1.92. The minimum atomic E-state index is -3.81. The summed E-state index contributed by atoms with van der Waals surface area (Å²) in [6.45, 7) is 2.09. The van der Waals surface area contributed by atoms with Crippen molar-refractivity contribution in [2.24, 2.45) is 5.73 Å². The molecule has 0 saturated heterocycles. The number of nitrogens with one attached hydrogen (secondary N) is 2. The minimum Gasteiger partial charge on any atom is -0.427 e. The largest absolute Gasteiger partial charge is 0.427 e. The lowest BCUT2D eigenvalue weighted by Crippen LogP contribution is -2.33. The average Bonchev–Trinajstić information content (AvgIpc) is 3.19. The number of anilines is 1. The number of amides is 1. The number of sulfonamides is 1. The van der Waals surface area contributed by atoms with Gasteiger partial charge in [0.1, 0.15) is 17.4 Å². The van der Waals surface area contributed by atoms with Crippen LogP contribution in [0.5, 0.6) is 0 Å². The second-order valence-electron chi connectivity index (χ2n) is 8.43. The van der Waals surface area contributed by atoms with Crippen LogP contribution in [0.15, 0.2) is 46.9 Å². The number of aliphatic hydroxyl groups excluding tert-OH is 1. The topological polar surface area (TPSA) is 148 Å². The molecule has 0 fully saturated rings. The molecule has 1 heterocycles. The predicted molar refractivity (Wildman–Crippen MR) is 142 cm³/mol. The van der Waals surface area contributed by atoms with Crippen molar-refractivity contribution in [2.45, 2.75) is 38.3 Å². The van der Waals surface area contributed by atoms with E-state index in [1.807, 2.05) is 24.3 Å². The van der Waals surface area contributed by atoms with Crippen molar-refractivity contribution in [2.75, 3.05) is 17.0 Å². The van der Waals surface area contributed by atoms with E-state index < -0.39 is 51.3 Å². The Morgan fingerprint density at radius 2 is 1.89 bits per heavy atom. The third-order valence-electron chi connectivity index (χ3n) is 5.35.